The van der Waals surface area contributed by atoms with E-state index in [0.29, 0.717) is 43.8 Å². The topological polar surface area (TPSA) is 120 Å². The summed E-state index contributed by atoms with van der Waals surface area (Å²) in [6.45, 7) is 1.91. The number of amides is 2. The number of rotatable bonds is 7. The summed E-state index contributed by atoms with van der Waals surface area (Å²) in [6.07, 6.45) is 1.70. The van der Waals surface area contributed by atoms with E-state index in [1.165, 1.54) is 40.7 Å². The van der Waals surface area contributed by atoms with E-state index in [4.69, 9.17) is 9.47 Å². The number of aryl methyl sites for hydroxylation is 1. The second-order valence-corrected chi connectivity index (χ2v) is 8.98. The van der Waals surface area contributed by atoms with E-state index in [0.717, 1.165) is 5.56 Å². The molecule has 0 radical (unpaired) electrons. The van der Waals surface area contributed by atoms with E-state index in [2.05, 4.69) is 25.8 Å². The number of anilines is 2. The maximum absolute atomic E-state index is 12.3. The molecule has 0 aliphatic heterocycles. The Balaban J connectivity index is 1.37. The van der Waals surface area contributed by atoms with Gasteiger partial charge in [0.05, 0.1) is 19.9 Å². The fraction of sp³-hybridized carbons (Fsp3) is 0.190. The second kappa shape index (κ2) is 9.88. The molecule has 2 amide bonds. The number of pyridine rings is 1. The fourth-order valence-corrected chi connectivity index (χ4v) is 4.65. The molecule has 0 unspecified atom stereocenters. The quantitative estimate of drug-likeness (QED) is 0.300. The number of methoxy groups -OCH3 is 2. The number of ether oxygens (including phenoxy) is 2. The Morgan fingerprint density at radius 2 is 1.94 bits per heavy atom. The Labute approximate surface area is 197 Å². The van der Waals surface area contributed by atoms with Crippen LogP contribution in [0.5, 0.6) is 11.5 Å². The first-order valence-electron chi connectivity index (χ1n) is 9.71. The third-order valence-corrected chi connectivity index (χ3v) is 6.56. The molecule has 10 nitrogen and oxygen atoms in total. The highest BCUT2D eigenvalue weighted by Crippen LogP contribution is 2.30. The van der Waals surface area contributed by atoms with Crippen LogP contribution in [-0.4, -0.2) is 39.8 Å². The summed E-state index contributed by atoms with van der Waals surface area (Å²) in [6, 6.07) is 9.82. The molecule has 0 atom stereocenters. The van der Waals surface area contributed by atoms with Crippen molar-refractivity contribution in [2.75, 3.05) is 24.9 Å². The van der Waals surface area contributed by atoms with E-state index >= 15 is 0 Å². The molecule has 0 spiro atoms. The Kier molecular flexibility index (Phi) is 6.75. The number of nitrogens with zero attached hydrogens (tertiary/aromatic N) is 4. The molecule has 0 saturated carbocycles. The predicted molar refractivity (Wildman–Crippen MR) is 128 cm³/mol. The van der Waals surface area contributed by atoms with Gasteiger partial charge in [-0.3, -0.25) is 14.5 Å². The van der Waals surface area contributed by atoms with Crippen LogP contribution in [-0.2, 0) is 5.75 Å². The summed E-state index contributed by atoms with van der Waals surface area (Å²) in [7, 11) is 3.06. The van der Waals surface area contributed by atoms with Crippen LogP contribution in [0.25, 0.3) is 5.65 Å². The molecular formula is C21H20N6O4S2. The molecule has 3 heterocycles. The van der Waals surface area contributed by atoms with E-state index in [1.807, 2.05) is 19.1 Å². The SMILES string of the molecule is COc1ccc(NC(=O)Nc2nnc(SCc3cc(=O)n4cccc(C)c4n3)s2)cc1OC. The van der Waals surface area contributed by atoms with Gasteiger partial charge in [-0.25, -0.2) is 9.78 Å². The number of benzene rings is 1. The summed E-state index contributed by atoms with van der Waals surface area (Å²) in [5.41, 5.74) is 2.60. The van der Waals surface area contributed by atoms with Crippen LogP contribution in [0.15, 0.2) is 51.7 Å². The number of carbonyl (C=O) groups is 1. The number of urea groups is 1. The van der Waals surface area contributed by atoms with E-state index in [-0.39, 0.29) is 5.56 Å². The minimum Gasteiger partial charge on any atom is -0.493 e. The van der Waals surface area contributed by atoms with Gasteiger partial charge in [-0.1, -0.05) is 29.2 Å². The maximum Gasteiger partial charge on any atom is 0.325 e. The Hall–Kier alpha value is -3.64. The average molecular weight is 485 g/mol. The van der Waals surface area contributed by atoms with Gasteiger partial charge in [0.2, 0.25) is 5.13 Å². The zero-order valence-corrected chi connectivity index (χ0v) is 19.6. The average Bonchev–Trinajstić information content (AvgIpc) is 3.25. The first-order valence-corrected chi connectivity index (χ1v) is 11.5. The zero-order chi connectivity index (χ0) is 23.4. The molecule has 0 aliphatic carbocycles. The lowest BCUT2D eigenvalue weighted by molar-refractivity contribution is 0.262. The molecule has 33 heavy (non-hydrogen) atoms. The van der Waals surface area contributed by atoms with Crippen LogP contribution >= 0.6 is 23.1 Å². The number of thioether (sulfide) groups is 1. The second-order valence-electron chi connectivity index (χ2n) is 6.78. The standard InChI is InChI=1S/C21H20N6O4S2/c1-12-5-4-8-27-17(28)10-14(22-18(12)27)11-32-21-26-25-20(33-21)24-19(29)23-13-6-7-15(30-2)16(9-13)31-3/h4-10H,11H2,1-3H3,(H2,23,24,25,29). The highest BCUT2D eigenvalue weighted by Gasteiger charge is 2.12. The van der Waals surface area contributed by atoms with Gasteiger partial charge in [0.1, 0.15) is 5.65 Å². The zero-order valence-electron chi connectivity index (χ0n) is 18.0. The molecule has 2 N–H and O–H groups in total. The monoisotopic (exact) mass is 484 g/mol. The molecule has 0 saturated heterocycles. The van der Waals surface area contributed by atoms with Gasteiger partial charge in [-0.2, -0.15) is 0 Å². The maximum atomic E-state index is 12.3. The molecule has 1 aromatic carbocycles. The van der Waals surface area contributed by atoms with E-state index in [9.17, 15) is 9.59 Å². The molecule has 12 heteroatoms. The van der Waals surface area contributed by atoms with Crippen LogP contribution in [0.4, 0.5) is 15.6 Å². The smallest absolute Gasteiger partial charge is 0.325 e. The summed E-state index contributed by atoms with van der Waals surface area (Å²) in [5, 5.41) is 13.8. The molecule has 0 aliphatic rings. The van der Waals surface area contributed by atoms with Gasteiger partial charge in [0, 0.05) is 29.8 Å². The van der Waals surface area contributed by atoms with Gasteiger partial charge in [-0.05, 0) is 30.7 Å². The van der Waals surface area contributed by atoms with Crippen LogP contribution in [0.3, 0.4) is 0 Å². The molecule has 4 rings (SSSR count). The van der Waals surface area contributed by atoms with Crippen LogP contribution < -0.4 is 25.7 Å². The molecule has 4 aromatic rings. The van der Waals surface area contributed by atoms with Gasteiger partial charge in [-0.15, -0.1) is 10.2 Å². The van der Waals surface area contributed by atoms with Crippen molar-refractivity contribution in [2.45, 2.75) is 17.0 Å². The largest absolute Gasteiger partial charge is 0.493 e. The molecular weight excluding hydrogens is 464 g/mol. The Morgan fingerprint density at radius 1 is 1.12 bits per heavy atom. The number of carbonyl (C=O) groups excluding carboxylic acids is 1. The lowest BCUT2D eigenvalue weighted by atomic mass is 10.3. The first kappa shape index (κ1) is 22.6. The first-order chi connectivity index (χ1) is 16.0. The van der Waals surface area contributed by atoms with Crippen molar-refractivity contribution in [3.63, 3.8) is 0 Å². The minimum atomic E-state index is -0.463. The minimum absolute atomic E-state index is 0.134. The highest BCUT2D eigenvalue weighted by molar-refractivity contribution is 8.00. The number of hydrogen-bond donors (Lipinski definition) is 2. The normalized spacial score (nSPS) is 10.8. The van der Waals surface area contributed by atoms with Crippen molar-refractivity contribution < 1.29 is 14.3 Å². The lowest BCUT2D eigenvalue weighted by Gasteiger charge is -2.10. The van der Waals surface area contributed by atoms with Crippen LogP contribution in [0.1, 0.15) is 11.3 Å². The van der Waals surface area contributed by atoms with Crippen LogP contribution in [0.2, 0.25) is 0 Å². The van der Waals surface area contributed by atoms with Gasteiger partial charge in [0.15, 0.2) is 15.8 Å². The molecule has 0 bridgehead atoms. The van der Waals surface area contributed by atoms with E-state index < -0.39 is 6.03 Å². The Morgan fingerprint density at radius 3 is 2.73 bits per heavy atom. The highest BCUT2D eigenvalue weighted by atomic mass is 32.2. The number of nitrogens with one attached hydrogen (secondary N) is 2. The van der Waals surface area contributed by atoms with Gasteiger partial charge >= 0.3 is 6.03 Å². The summed E-state index contributed by atoms with van der Waals surface area (Å²) in [5.74, 6) is 1.52. The lowest BCUT2D eigenvalue weighted by Crippen LogP contribution is -2.19. The third kappa shape index (κ3) is 5.23. The van der Waals surface area contributed by atoms with Crippen molar-refractivity contribution in [3.8, 4) is 11.5 Å². The van der Waals surface area contributed by atoms with Crippen molar-refractivity contribution in [2.24, 2.45) is 0 Å². The third-order valence-electron chi connectivity index (χ3n) is 4.55. The van der Waals surface area contributed by atoms with Gasteiger partial charge < -0.3 is 14.8 Å². The fourth-order valence-electron chi connectivity index (χ4n) is 3.01. The van der Waals surface area contributed by atoms with Crippen LogP contribution in [0, 0.1) is 6.92 Å². The number of hydrogen-bond acceptors (Lipinski definition) is 9. The molecule has 3 aromatic heterocycles. The molecule has 0 fully saturated rings. The number of aromatic nitrogens is 4. The molecule has 170 valence electrons. The summed E-state index contributed by atoms with van der Waals surface area (Å²) in [4.78, 5) is 29.2. The van der Waals surface area contributed by atoms with Crippen molar-refractivity contribution >= 4 is 45.6 Å². The van der Waals surface area contributed by atoms with Crippen molar-refractivity contribution in [3.05, 3.63) is 64.2 Å². The predicted octanol–water partition coefficient (Wildman–Crippen LogP) is 3.81. The number of fused-ring (bicyclic) bond motifs is 1. The van der Waals surface area contributed by atoms with Gasteiger partial charge in [0.25, 0.3) is 5.56 Å². The van der Waals surface area contributed by atoms with Crippen molar-refractivity contribution in [1.29, 1.82) is 0 Å². The Bertz CT molecular complexity index is 1370. The van der Waals surface area contributed by atoms with E-state index in [1.54, 1.807) is 31.5 Å². The summed E-state index contributed by atoms with van der Waals surface area (Å²) >= 11 is 2.62. The summed E-state index contributed by atoms with van der Waals surface area (Å²) < 4.78 is 12.6. The van der Waals surface area contributed by atoms with Crippen molar-refractivity contribution in [1.82, 2.24) is 19.6 Å².